The molecule has 0 radical (unpaired) electrons. The first kappa shape index (κ1) is 10.0. The summed E-state index contributed by atoms with van der Waals surface area (Å²) in [6.45, 7) is 3.32. The van der Waals surface area contributed by atoms with Gasteiger partial charge >= 0.3 is 7.12 Å². The van der Waals surface area contributed by atoms with Crippen molar-refractivity contribution in [3.63, 3.8) is 0 Å². The van der Waals surface area contributed by atoms with Gasteiger partial charge in [-0.2, -0.15) is 0 Å². The molecule has 0 saturated carbocycles. The van der Waals surface area contributed by atoms with Crippen LogP contribution >= 0.6 is 0 Å². The van der Waals surface area contributed by atoms with Crippen molar-refractivity contribution in [3.8, 4) is 0 Å². The van der Waals surface area contributed by atoms with E-state index in [1.54, 1.807) is 0 Å². The molecule has 12 heavy (non-hydrogen) atoms. The van der Waals surface area contributed by atoms with Gasteiger partial charge in [0.15, 0.2) is 0 Å². The first-order chi connectivity index (χ1) is 5.70. The summed E-state index contributed by atoms with van der Waals surface area (Å²) in [5.41, 5.74) is 0. The van der Waals surface area contributed by atoms with E-state index in [9.17, 15) is 0 Å². The molecule has 0 aromatic rings. The predicted molar refractivity (Wildman–Crippen MR) is 49.8 cm³/mol. The maximum atomic E-state index is 8.63. The molecule has 3 N–H and O–H groups in total. The Morgan fingerprint density at radius 3 is 2.75 bits per heavy atom. The molecule has 0 spiro atoms. The minimum Gasteiger partial charge on any atom is -0.427 e. The van der Waals surface area contributed by atoms with E-state index in [0.29, 0.717) is 12.4 Å². The SMILES string of the molecule is C[C@@H]1NCC[C@H]1CCCB(O)O. The molecule has 3 nitrogen and oxygen atoms in total. The molecule has 0 bridgehead atoms. The van der Waals surface area contributed by atoms with E-state index in [1.807, 2.05) is 0 Å². The highest BCUT2D eigenvalue weighted by Crippen LogP contribution is 2.21. The third kappa shape index (κ3) is 3.13. The molecule has 0 amide bonds. The molecule has 1 saturated heterocycles. The Balaban J connectivity index is 2.06. The zero-order chi connectivity index (χ0) is 8.97. The van der Waals surface area contributed by atoms with Crippen LogP contribution in [0.5, 0.6) is 0 Å². The highest BCUT2D eigenvalue weighted by atomic mass is 16.4. The van der Waals surface area contributed by atoms with E-state index in [1.165, 1.54) is 6.42 Å². The molecule has 0 aliphatic carbocycles. The summed E-state index contributed by atoms with van der Waals surface area (Å²) in [5.74, 6) is 0.740. The van der Waals surface area contributed by atoms with E-state index in [0.717, 1.165) is 25.3 Å². The van der Waals surface area contributed by atoms with Crippen molar-refractivity contribution in [2.45, 2.75) is 38.5 Å². The van der Waals surface area contributed by atoms with Crippen LogP contribution in [0.25, 0.3) is 0 Å². The molecule has 1 rings (SSSR count). The highest BCUT2D eigenvalue weighted by Gasteiger charge is 2.22. The molecule has 0 aromatic carbocycles. The van der Waals surface area contributed by atoms with Crippen LogP contribution in [0.3, 0.4) is 0 Å². The lowest BCUT2D eigenvalue weighted by molar-refractivity contribution is 0.389. The van der Waals surface area contributed by atoms with Gasteiger partial charge in [0.25, 0.3) is 0 Å². The smallest absolute Gasteiger partial charge is 0.427 e. The summed E-state index contributed by atoms with van der Waals surface area (Å²) >= 11 is 0. The van der Waals surface area contributed by atoms with Crippen LogP contribution in [-0.2, 0) is 0 Å². The number of nitrogens with one attached hydrogen (secondary N) is 1. The van der Waals surface area contributed by atoms with Gasteiger partial charge in [-0.1, -0.05) is 6.42 Å². The molecule has 1 aliphatic heterocycles. The van der Waals surface area contributed by atoms with Gasteiger partial charge in [0.2, 0.25) is 0 Å². The molecular formula is C8H18BNO2. The average molecular weight is 171 g/mol. The molecule has 2 atom stereocenters. The summed E-state index contributed by atoms with van der Waals surface area (Å²) in [5, 5.41) is 20.6. The number of rotatable bonds is 4. The zero-order valence-corrected chi connectivity index (χ0v) is 7.66. The molecule has 0 aromatic heterocycles. The van der Waals surface area contributed by atoms with Crippen LogP contribution in [0, 0.1) is 5.92 Å². The van der Waals surface area contributed by atoms with Crippen molar-refractivity contribution in [2.75, 3.05) is 6.54 Å². The zero-order valence-electron chi connectivity index (χ0n) is 7.66. The van der Waals surface area contributed by atoms with Crippen LogP contribution in [0.15, 0.2) is 0 Å². The van der Waals surface area contributed by atoms with Gasteiger partial charge in [0.05, 0.1) is 0 Å². The van der Waals surface area contributed by atoms with Gasteiger partial charge in [-0.25, -0.2) is 0 Å². The standard InChI is InChI=1S/C8H18BNO2/c1-7-8(4-6-10-7)3-2-5-9(11)12/h7-8,10-12H,2-6H2,1H3/t7-,8+/m0/s1. The largest absolute Gasteiger partial charge is 0.451 e. The minimum atomic E-state index is -1.12. The highest BCUT2D eigenvalue weighted by molar-refractivity contribution is 6.40. The number of hydrogen-bond donors (Lipinski definition) is 3. The Bertz CT molecular complexity index is 132. The van der Waals surface area contributed by atoms with Crippen molar-refractivity contribution in [2.24, 2.45) is 5.92 Å². The second-order valence-electron chi connectivity index (χ2n) is 3.70. The van der Waals surface area contributed by atoms with Gasteiger partial charge in [-0.15, -0.1) is 0 Å². The topological polar surface area (TPSA) is 52.5 Å². The summed E-state index contributed by atoms with van der Waals surface area (Å²) in [6.07, 6.45) is 3.80. The Kier molecular flexibility index (Phi) is 4.05. The fourth-order valence-corrected chi connectivity index (χ4v) is 1.87. The Morgan fingerprint density at radius 2 is 2.25 bits per heavy atom. The lowest BCUT2D eigenvalue weighted by Gasteiger charge is -2.13. The third-order valence-corrected chi connectivity index (χ3v) is 2.73. The van der Waals surface area contributed by atoms with E-state index >= 15 is 0 Å². The van der Waals surface area contributed by atoms with Gasteiger partial charge in [-0.05, 0) is 38.5 Å². The molecule has 1 fully saturated rings. The van der Waals surface area contributed by atoms with Crippen molar-refractivity contribution >= 4 is 7.12 Å². The Morgan fingerprint density at radius 1 is 1.50 bits per heavy atom. The van der Waals surface area contributed by atoms with E-state index in [4.69, 9.17) is 10.0 Å². The second-order valence-corrected chi connectivity index (χ2v) is 3.70. The summed E-state index contributed by atoms with van der Waals surface area (Å²) < 4.78 is 0. The van der Waals surface area contributed by atoms with Crippen LogP contribution in [-0.4, -0.2) is 29.8 Å². The first-order valence-electron chi connectivity index (χ1n) is 4.79. The minimum absolute atomic E-state index is 0.517. The van der Waals surface area contributed by atoms with Crippen molar-refractivity contribution in [1.29, 1.82) is 0 Å². The Hall–Kier alpha value is -0.0551. The Labute approximate surface area is 74.3 Å². The molecular weight excluding hydrogens is 153 g/mol. The quantitative estimate of drug-likeness (QED) is 0.531. The maximum Gasteiger partial charge on any atom is 0.451 e. The molecule has 4 heteroatoms. The van der Waals surface area contributed by atoms with E-state index < -0.39 is 7.12 Å². The number of hydrogen-bond acceptors (Lipinski definition) is 3. The van der Waals surface area contributed by atoms with E-state index in [2.05, 4.69) is 12.2 Å². The fraction of sp³-hybridized carbons (Fsp3) is 1.00. The fourth-order valence-electron chi connectivity index (χ4n) is 1.87. The lowest BCUT2D eigenvalue weighted by atomic mass is 9.81. The monoisotopic (exact) mass is 171 g/mol. The van der Waals surface area contributed by atoms with Crippen LogP contribution in [0.4, 0.5) is 0 Å². The van der Waals surface area contributed by atoms with Gasteiger partial charge in [0, 0.05) is 6.04 Å². The predicted octanol–water partition coefficient (Wildman–Crippen LogP) is 0.237. The summed E-state index contributed by atoms with van der Waals surface area (Å²) in [7, 11) is -1.12. The van der Waals surface area contributed by atoms with Crippen LogP contribution in [0.1, 0.15) is 26.2 Å². The van der Waals surface area contributed by atoms with Gasteiger partial charge < -0.3 is 15.4 Å². The summed E-state index contributed by atoms with van der Waals surface area (Å²) in [4.78, 5) is 0. The first-order valence-corrected chi connectivity index (χ1v) is 4.79. The molecule has 70 valence electrons. The van der Waals surface area contributed by atoms with Gasteiger partial charge in [-0.3, -0.25) is 0 Å². The van der Waals surface area contributed by atoms with Crippen LogP contribution < -0.4 is 5.32 Å². The molecule has 1 aliphatic rings. The second kappa shape index (κ2) is 4.85. The van der Waals surface area contributed by atoms with Crippen molar-refractivity contribution < 1.29 is 10.0 Å². The van der Waals surface area contributed by atoms with E-state index in [-0.39, 0.29) is 0 Å². The lowest BCUT2D eigenvalue weighted by Crippen LogP contribution is -2.23. The summed E-state index contributed by atoms with van der Waals surface area (Å²) in [6, 6.07) is 0.612. The molecule has 0 unspecified atom stereocenters. The van der Waals surface area contributed by atoms with Crippen molar-refractivity contribution in [1.82, 2.24) is 5.32 Å². The average Bonchev–Trinajstić information content (AvgIpc) is 2.36. The van der Waals surface area contributed by atoms with Gasteiger partial charge in [0.1, 0.15) is 0 Å². The third-order valence-electron chi connectivity index (χ3n) is 2.73. The van der Waals surface area contributed by atoms with Crippen molar-refractivity contribution in [3.05, 3.63) is 0 Å². The molecule has 1 heterocycles. The van der Waals surface area contributed by atoms with Crippen LogP contribution in [0.2, 0.25) is 6.32 Å². The normalized spacial score (nSPS) is 29.2. The maximum absolute atomic E-state index is 8.63.